The maximum atomic E-state index is 12.6. The molecule has 0 spiro atoms. The van der Waals surface area contributed by atoms with Crippen LogP contribution in [-0.4, -0.2) is 39.7 Å². The Balaban J connectivity index is 0.00000220. The van der Waals surface area contributed by atoms with E-state index >= 15 is 0 Å². The van der Waals surface area contributed by atoms with E-state index in [4.69, 9.17) is 5.73 Å². The number of likely N-dealkylation sites (tertiary alicyclic amines) is 1. The molecular formula is C15H27ClN4O. The third kappa shape index (κ3) is 3.98. The average Bonchev–Trinajstić information content (AvgIpc) is 2.87. The fraction of sp³-hybridized carbons (Fsp3) is 0.733. The van der Waals surface area contributed by atoms with Crippen LogP contribution in [0.3, 0.4) is 0 Å². The molecule has 1 aromatic heterocycles. The standard InChI is InChI=1S/C15H26N4O.ClH/c1-11-5-6-18(13(7-11)8-16)14(20)12-9-17-19(10-12)15(2,3)4;/h9-11,13H,5-8,16H2,1-4H3;1H. The van der Waals surface area contributed by atoms with Crippen LogP contribution in [0.5, 0.6) is 0 Å². The van der Waals surface area contributed by atoms with Gasteiger partial charge in [0.1, 0.15) is 0 Å². The van der Waals surface area contributed by atoms with Crippen molar-refractivity contribution in [2.24, 2.45) is 11.7 Å². The average molecular weight is 315 g/mol. The van der Waals surface area contributed by atoms with Gasteiger partial charge >= 0.3 is 0 Å². The summed E-state index contributed by atoms with van der Waals surface area (Å²) in [6.07, 6.45) is 5.55. The molecule has 2 unspecified atom stereocenters. The topological polar surface area (TPSA) is 64.2 Å². The number of carbonyl (C=O) groups is 1. The number of nitrogens with zero attached hydrogens (tertiary/aromatic N) is 3. The third-order valence-electron chi connectivity index (χ3n) is 4.03. The second-order valence-electron chi connectivity index (χ2n) is 6.86. The predicted molar refractivity (Wildman–Crippen MR) is 86.7 cm³/mol. The minimum Gasteiger partial charge on any atom is -0.334 e. The number of aromatic nitrogens is 2. The zero-order chi connectivity index (χ0) is 14.9. The van der Waals surface area contributed by atoms with Crippen LogP contribution in [0.4, 0.5) is 0 Å². The van der Waals surface area contributed by atoms with Gasteiger partial charge in [-0.3, -0.25) is 9.48 Å². The van der Waals surface area contributed by atoms with E-state index in [9.17, 15) is 4.79 Å². The van der Waals surface area contributed by atoms with Gasteiger partial charge in [0.05, 0.1) is 17.3 Å². The van der Waals surface area contributed by atoms with E-state index in [1.807, 2.05) is 15.8 Å². The summed E-state index contributed by atoms with van der Waals surface area (Å²) in [5, 5.41) is 4.31. The fourth-order valence-electron chi connectivity index (χ4n) is 2.71. The van der Waals surface area contributed by atoms with Crippen molar-refractivity contribution in [2.75, 3.05) is 13.1 Å². The molecule has 6 heteroatoms. The van der Waals surface area contributed by atoms with E-state index in [1.54, 1.807) is 6.20 Å². The number of halogens is 1. The van der Waals surface area contributed by atoms with Gasteiger partial charge in [-0.25, -0.2) is 0 Å². The third-order valence-corrected chi connectivity index (χ3v) is 4.03. The van der Waals surface area contributed by atoms with Gasteiger partial charge in [0.2, 0.25) is 0 Å². The largest absolute Gasteiger partial charge is 0.334 e. The summed E-state index contributed by atoms with van der Waals surface area (Å²) in [4.78, 5) is 14.6. The number of rotatable bonds is 2. The molecule has 1 aliphatic rings. The van der Waals surface area contributed by atoms with Crippen LogP contribution in [0.1, 0.15) is 50.9 Å². The van der Waals surface area contributed by atoms with Gasteiger partial charge in [-0.05, 0) is 39.5 Å². The van der Waals surface area contributed by atoms with Crippen LogP contribution in [0.15, 0.2) is 12.4 Å². The van der Waals surface area contributed by atoms with E-state index in [1.165, 1.54) is 0 Å². The number of hydrogen-bond donors (Lipinski definition) is 1. The molecular weight excluding hydrogens is 288 g/mol. The van der Waals surface area contributed by atoms with Gasteiger partial charge < -0.3 is 10.6 Å². The van der Waals surface area contributed by atoms with E-state index in [0.717, 1.165) is 19.4 Å². The minimum atomic E-state index is -0.109. The molecule has 0 aliphatic carbocycles. The van der Waals surface area contributed by atoms with Crippen LogP contribution >= 0.6 is 12.4 Å². The molecule has 2 atom stereocenters. The Hall–Kier alpha value is -1.07. The second kappa shape index (κ2) is 6.79. The highest BCUT2D eigenvalue weighted by Crippen LogP contribution is 2.24. The zero-order valence-corrected chi connectivity index (χ0v) is 14.2. The van der Waals surface area contributed by atoms with Gasteiger partial charge in [-0.1, -0.05) is 6.92 Å². The molecule has 2 rings (SSSR count). The highest BCUT2D eigenvalue weighted by atomic mass is 35.5. The van der Waals surface area contributed by atoms with Crippen molar-refractivity contribution in [1.29, 1.82) is 0 Å². The maximum absolute atomic E-state index is 12.6. The Morgan fingerprint density at radius 1 is 1.48 bits per heavy atom. The molecule has 0 aromatic carbocycles. The first-order valence-electron chi connectivity index (χ1n) is 7.39. The summed E-state index contributed by atoms with van der Waals surface area (Å²) in [5.74, 6) is 0.702. The molecule has 1 saturated heterocycles. The molecule has 0 bridgehead atoms. The van der Waals surface area contributed by atoms with Crippen LogP contribution in [0.2, 0.25) is 0 Å². The molecule has 120 valence electrons. The van der Waals surface area contributed by atoms with Crippen molar-refractivity contribution >= 4 is 18.3 Å². The zero-order valence-electron chi connectivity index (χ0n) is 13.4. The quantitative estimate of drug-likeness (QED) is 0.910. The lowest BCUT2D eigenvalue weighted by Crippen LogP contribution is -2.49. The molecule has 1 amide bonds. The summed E-state index contributed by atoms with van der Waals surface area (Å²) in [5.41, 5.74) is 6.38. The smallest absolute Gasteiger partial charge is 0.257 e. The Bertz CT molecular complexity index is 480. The fourth-order valence-corrected chi connectivity index (χ4v) is 2.71. The maximum Gasteiger partial charge on any atom is 0.257 e. The number of nitrogens with two attached hydrogens (primary N) is 1. The predicted octanol–water partition coefficient (Wildman–Crippen LogP) is 2.26. The van der Waals surface area contributed by atoms with Crippen LogP contribution < -0.4 is 5.73 Å². The first-order valence-corrected chi connectivity index (χ1v) is 7.39. The molecule has 0 saturated carbocycles. The van der Waals surface area contributed by atoms with Crippen LogP contribution in [-0.2, 0) is 5.54 Å². The van der Waals surface area contributed by atoms with Crippen molar-refractivity contribution in [1.82, 2.24) is 14.7 Å². The van der Waals surface area contributed by atoms with Crippen molar-refractivity contribution in [2.45, 2.75) is 52.1 Å². The van der Waals surface area contributed by atoms with Gasteiger partial charge in [0.25, 0.3) is 5.91 Å². The molecule has 21 heavy (non-hydrogen) atoms. The number of amides is 1. The lowest BCUT2D eigenvalue weighted by Gasteiger charge is -2.37. The Labute approximate surface area is 133 Å². The Kier molecular flexibility index (Phi) is 5.82. The Morgan fingerprint density at radius 3 is 2.67 bits per heavy atom. The van der Waals surface area contributed by atoms with Crippen LogP contribution in [0.25, 0.3) is 0 Å². The molecule has 2 N–H and O–H groups in total. The number of piperidine rings is 1. The molecule has 1 aromatic rings. The van der Waals surface area contributed by atoms with Crippen molar-refractivity contribution < 1.29 is 4.79 Å². The lowest BCUT2D eigenvalue weighted by atomic mass is 9.92. The number of hydrogen-bond acceptors (Lipinski definition) is 3. The first kappa shape index (κ1) is 18.0. The first-order chi connectivity index (χ1) is 9.32. The molecule has 2 heterocycles. The minimum absolute atomic E-state index is 0. The monoisotopic (exact) mass is 314 g/mol. The molecule has 1 aliphatic heterocycles. The molecule has 5 nitrogen and oxygen atoms in total. The van der Waals surface area contributed by atoms with Gasteiger partial charge in [-0.15, -0.1) is 12.4 Å². The highest BCUT2D eigenvalue weighted by Gasteiger charge is 2.30. The van der Waals surface area contributed by atoms with E-state index in [-0.39, 0.29) is 29.9 Å². The summed E-state index contributed by atoms with van der Waals surface area (Å²) in [6, 6.07) is 0.157. The van der Waals surface area contributed by atoms with Gasteiger partial charge in [-0.2, -0.15) is 5.10 Å². The van der Waals surface area contributed by atoms with Gasteiger partial charge in [0, 0.05) is 25.3 Å². The summed E-state index contributed by atoms with van der Waals surface area (Å²) < 4.78 is 1.84. The number of carbonyl (C=O) groups excluding carboxylic acids is 1. The Morgan fingerprint density at radius 2 is 2.14 bits per heavy atom. The normalized spacial score (nSPS) is 22.8. The van der Waals surface area contributed by atoms with Crippen LogP contribution in [0, 0.1) is 5.92 Å². The summed E-state index contributed by atoms with van der Waals surface area (Å²) >= 11 is 0. The molecule has 1 fully saturated rings. The van der Waals surface area contributed by atoms with Crippen molar-refractivity contribution in [3.05, 3.63) is 18.0 Å². The van der Waals surface area contributed by atoms with Crippen molar-refractivity contribution in [3.63, 3.8) is 0 Å². The summed E-state index contributed by atoms with van der Waals surface area (Å²) in [6.45, 7) is 9.76. The van der Waals surface area contributed by atoms with E-state index in [2.05, 4.69) is 32.8 Å². The second-order valence-corrected chi connectivity index (χ2v) is 6.86. The van der Waals surface area contributed by atoms with Gasteiger partial charge in [0.15, 0.2) is 0 Å². The SMILES string of the molecule is CC1CCN(C(=O)c2cnn(C(C)(C)C)c2)C(CN)C1.Cl. The summed E-state index contributed by atoms with van der Waals surface area (Å²) in [7, 11) is 0. The molecule has 0 radical (unpaired) electrons. The lowest BCUT2D eigenvalue weighted by molar-refractivity contribution is 0.0573. The van der Waals surface area contributed by atoms with E-state index < -0.39 is 0 Å². The van der Waals surface area contributed by atoms with E-state index in [0.29, 0.717) is 18.0 Å². The van der Waals surface area contributed by atoms with Crippen molar-refractivity contribution in [3.8, 4) is 0 Å². The highest BCUT2D eigenvalue weighted by molar-refractivity contribution is 5.94.